The third kappa shape index (κ3) is 4.03. The van der Waals surface area contributed by atoms with Crippen LogP contribution in [0.5, 0.6) is 5.75 Å². The summed E-state index contributed by atoms with van der Waals surface area (Å²) in [5, 5.41) is 3.93. The lowest BCUT2D eigenvalue weighted by Crippen LogP contribution is -2.63. The number of amides is 2. The summed E-state index contributed by atoms with van der Waals surface area (Å²) >= 11 is 0. The van der Waals surface area contributed by atoms with Gasteiger partial charge >= 0.3 is 0 Å². The van der Waals surface area contributed by atoms with Crippen LogP contribution in [0.15, 0.2) is 78.9 Å². The maximum absolute atomic E-state index is 13.9. The minimum absolute atomic E-state index is 0.108. The molecular formula is C28H26FN3O3. The number of carbonyl (C=O) groups is 2. The molecule has 4 aromatic rings. The van der Waals surface area contributed by atoms with Gasteiger partial charge in [-0.25, -0.2) is 4.39 Å². The highest BCUT2D eigenvalue weighted by Gasteiger charge is 2.47. The Labute approximate surface area is 202 Å². The van der Waals surface area contributed by atoms with E-state index >= 15 is 0 Å². The number of nitrogens with zero attached hydrogens (tertiary/aromatic N) is 2. The summed E-state index contributed by atoms with van der Waals surface area (Å²) in [5.74, 6) is -0.278. The Hall–Kier alpha value is -4.13. The molecule has 6 nitrogen and oxygen atoms in total. The molecule has 1 aliphatic heterocycles. The van der Waals surface area contributed by atoms with Crippen molar-refractivity contribution in [2.24, 2.45) is 0 Å². The number of ether oxygens (including phenoxy) is 1. The summed E-state index contributed by atoms with van der Waals surface area (Å²) < 4.78 is 21.2. The molecule has 2 amide bonds. The van der Waals surface area contributed by atoms with E-state index < -0.39 is 5.54 Å². The van der Waals surface area contributed by atoms with E-state index in [0.717, 1.165) is 16.5 Å². The molecule has 0 saturated carbocycles. The summed E-state index contributed by atoms with van der Waals surface area (Å²) in [4.78, 5) is 29.1. The molecule has 0 aliphatic carbocycles. The van der Waals surface area contributed by atoms with E-state index in [4.69, 9.17) is 4.74 Å². The van der Waals surface area contributed by atoms with Crippen LogP contribution in [0.3, 0.4) is 0 Å². The molecule has 0 radical (unpaired) electrons. The van der Waals surface area contributed by atoms with Crippen molar-refractivity contribution in [2.75, 3.05) is 7.11 Å². The number of hydrogen-bond acceptors (Lipinski definition) is 3. The molecule has 0 fully saturated rings. The third-order valence-electron chi connectivity index (χ3n) is 6.69. The lowest BCUT2D eigenvalue weighted by atomic mass is 9.93. The Morgan fingerprint density at radius 3 is 2.63 bits per heavy atom. The van der Waals surface area contributed by atoms with Crippen molar-refractivity contribution >= 4 is 22.7 Å². The van der Waals surface area contributed by atoms with Gasteiger partial charge in [-0.1, -0.05) is 48.5 Å². The summed E-state index contributed by atoms with van der Waals surface area (Å²) in [6, 6.07) is 23.2. The highest BCUT2D eigenvalue weighted by atomic mass is 19.1. The van der Waals surface area contributed by atoms with Crippen molar-refractivity contribution in [2.45, 2.75) is 32.1 Å². The summed E-state index contributed by atoms with van der Waals surface area (Å²) in [7, 11) is 1.58. The second-order valence-electron chi connectivity index (χ2n) is 8.96. The van der Waals surface area contributed by atoms with Gasteiger partial charge in [0.1, 0.15) is 22.8 Å². The molecule has 1 atom stereocenters. The van der Waals surface area contributed by atoms with E-state index in [-0.39, 0.29) is 37.3 Å². The number of fused-ring (bicyclic) bond motifs is 3. The molecule has 0 bridgehead atoms. The van der Waals surface area contributed by atoms with E-state index in [1.807, 2.05) is 59.2 Å². The Morgan fingerprint density at radius 2 is 1.83 bits per heavy atom. The van der Waals surface area contributed by atoms with E-state index in [0.29, 0.717) is 17.0 Å². The van der Waals surface area contributed by atoms with Crippen LogP contribution < -0.4 is 10.1 Å². The summed E-state index contributed by atoms with van der Waals surface area (Å²) in [6.45, 7) is 2.39. The van der Waals surface area contributed by atoms with Gasteiger partial charge < -0.3 is 19.5 Å². The predicted molar refractivity (Wildman–Crippen MR) is 131 cm³/mol. The van der Waals surface area contributed by atoms with Crippen molar-refractivity contribution in [3.05, 3.63) is 102 Å². The number of aromatic nitrogens is 1. The summed E-state index contributed by atoms with van der Waals surface area (Å²) in [5.41, 5.74) is 1.65. The van der Waals surface area contributed by atoms with Crippen LogP contribution in [-0.4, -0.2) is 33.9 Å². The average molecular weight is 472 g/mol. The van der Waals surface area contributed by atoms with Crippen LogP contribution in [-0.2, 0) is 24.4 Å². The number of methoxy groups -OCH3 is 1. The number of hydrogen-bond donors (Lipinski definition) is 1. The summed E-state index contributed by atoms with van der Waals surface area (Å²) in [6.07, 6.45) is 0. The van der Waals surface area contributed by atoms with E-state index in [1.54, 1.807) is 31.1 Å². The van der Waals surface area contributed by atoms with Crippen molar-refractivity contribution in [3.63, 3.8) is 0 Å². The molecule has 2 heterocycles. The van der Waals surface area contributed by atoms with Crippen molar-refractivity contribution in [3.8, 4) is 5.75 Å². The van der Waals surface area contributed by atoms with Gasteiger partial charge in [0.25, 0.3) is 5.91 Å². The first-order valence-electron chi connectivity index (χ1n) is 11.5. The minimum atomic E-state index is -1.21. The van der Waals surface area contributed by atoms with Gasteiger partial charge in [-0.05, 0) is 42.8 Å². The van der Waals surface area contributed by atoms with Crippen LogP contribution in [0.25, 0.3) is 10.9 Å². The SMILES string of the molecule is COc1ccccc1CNC(=O)C1(C)Cn2c(cc3ccccc32)C(=O)N1Cc1cccc(F)c1. The van der Waals surface area contributed by atoms with Gasteiger partial charge in [0.2, 0.25) is 5.91 Å². The van der Waals surface area contributed by atoms with Crippen LogP contribution in [0.1, 0.15) is 28.5 Å². The second-order valence-corrected chi connectivity index (χ2v) is 8.96. The quantitative estimate of drug-likeness (QED) is 0.450. The van der Waals surface area contributed by atoms with Gasteiger partial charge in [0.15, 0.2) is 0 Å². The largest absolute Gasteiger partial charge is 0.496 e. The van der Waals surface area contributed by atoms with Crippen LogP contribution in [0, 0.1) is 5.82 Å². The Bertz CT molecular complexity index is 1430. The number of benzene rings is 3. The molecule has 35 heavy (non-hydrogen) atoms. The zero-order chi connectivity index (χ0) is 24.6. The fourth-order valence-electron chi connectivity index (χ4n) is 4.79. The molecule has 1 unspecified atom stereocenters. The first kappa shape index (κ1) is 22.7. The standard InChI is InChI=1S/C28H26FN3O3/c1-28(27(34)30-16-21-10-4-6-13-25(21)35-2)18-31-23-12-5-3-9-20(23)15-24(31)26(33)32(28)17-19-8-7-11-22(29)14-19/h3-15H,16-18H2,1-2H3,(H,30,34). The van der Waals surface area contributed by atoms with Crippen LogP contribution in [0.2, 0.25) is 0 Å². The minimum Gasteiger partial charge on any atom is -0.496 e. The van der Waals surface area contributed by atoms with Gasteiger partial charge in [0.05, 0.1) is 13.7 Å². The van der Waals surface area contributed by atoms with Crippen molar-refractivity contribution in [1.29, 1.82) is 0 Å². The van der Waals surface area contributed by atoms with Crippen molar-refractivity contribution < 1.29 is 18.7 Å². The maximum Gasteiger partial charge on any atom is 0.271 e. The zero-order valence-corrected chi connectivity index (χ0v) is 19.6. The third-order valence-corrected chi connectivity index (χ3v) is 6.69. The lowest BCUT2D eigenvalue weighted by molar-refractivity contribution is -0.133. The maximum atomic E-state index is 13.9. The Kier molecular flexibility index (Phi) is 5.76. The monoisotopic (exact) mass is 471 g/mol. The molecule has 3 aromatic carbocycles. The Balaban J connectivity index is 1.53. The Morgan fingerprint density at radius 1 is 1.06 bits per heavy atom. The van der Waals surface area contributed by atoms with Crippen molar-refractivity contribution in [1.82, 2.24) is 14.8 Å². The first-order chi connectivity index (χ1) is 16.9. The fourth-order valence-corrected chi connectivity index (χ4v) is 4.79. The number of nitrogens with one attached hydrogen (secondary N) is 1. The van der Waals surface area contributed by atoms with Gasteiger partial charge in [0, 0.05) is 29.6 Å². The molecule has 1 aromatic heterocycles. The average Bonchev–Trinajstić information content (AvgIpc) is 3.23. The number of rotatable bonds is 6. The topological polar surface area (TPSA) is 63.6 Å². The van der Waals surface area contributed by atoms with Crippen LogP contribution in [0.4, 0.5) is 4.39 Å². The molecule has 1 N–H and O–H groups in total. The number of carbonyl (C=O) groups excluding carboxylic acids is 2. The smallest absolute Gasteiger partial charge is 0.271 e. The number of para-hydroxylation sites is 2. The zero-order valence-electron chi connectivity index (χ0n) is 19.6. The number of halogens is 1. The lowest BCUT2D eigenvalue weighted by Gasteiger charge is -2.44. The predicted octanol–water partition coefficient (Wildman–Crippen LogP) is 4.52. The van der Waals surface area contributed by atoms with Gasteiger partial charge in [-0.2, -0.15) is 0 Å². The van der Waals surface area contributed by atoms with Gasteiger partial charge in [-0.15, -0.1) is 0 Å². The molecule has 178 valence electrons. The highest BCUT2D eigenvalue weighted by molar-refractivity contribution is 6.03. The fraction of sp³-hybridized carbons (Fsp3) is 0.214. The molecule has 7 heteroatoms. The second kappa shape index (κ2) is 8.91. The molecule has 0 saturated heterocycles. The molecule has 5 rings (SSSR count). The molecule has 1 aliphatic rings. The normalized spacial score (nSPS) is 17.3. The molecular weight excluding hydrogens is 445 g/mol. The van der Waals surface area contributed by atoms with E-state index in [2.05, 4.69) is 5.32 Å². The first-order valence-corrected chi connectivity index (χ1v) is 11.5. The molecule has 0 spiro atoms. The van der Waals surface area contributed by atoms with Gasteiger partial charge in [-0.3, -0.25) is 9.59 Å². The van der Waals surface area contributed by atoms with Crippen LogP contribution >= 0.6 is 0 Å². The van der Waals surface area contributed by atoms with E-state index in [1.165, 1.54) is 12.1 Å². The highest BCUT2D eigenvalue weighted by Crippen LogP contribution is 2.33. The van der Waals surface area contributed by atoms with E-state index in [9.17, 15) is 14.0 Å².